The Kier molecular flexibility index (Phi) is 13.7. The Hall–Kier alpha value is -3.55. The van der Waals surface area contributed by atoms with E-state index in [0.29, 0.717) is 19.4 Å². The number of aliphatic hydroxyl groups is 1. The van der Waals surface area contributed by atoms with E-state index in [-0.39, 0.29) is 25.7 Å². The Bertz CT molecular complexity index is 883. The zero-order valence-electron chi connectivity index (χ0n) is 20.0. The summed E-state index contributed by atoms with van der Waals surface area (Å²) in [7, 11) is 0. The predicted octanol–water partition coefficient (Wildman–Crippen LogP) is -2.52. The fourth-order valence-corrected chi connectivity index (χ4v) is 3.28. The topological polar surface area (TPSA) is 240 Å². The molecule has 0 bridgehead atoms. The van der Waals surface area contributed by atoms with Crippen molar-refractivity contribution in [1.82, 2.24) is 16.0 Å². The van der Waals surface area contributed by atoms with E-state index >= 15 is 0 Å². The highest BCUT2D eigenvalue weighted by atomic mass is 16.4. The molecule has 4 unspecified atom stereocenters. The molecular formula is C23H36N6O7. The third kappa shape index (κ3) is 11.3. The molecule has 0 aliphatic heterocycles. The van der Waals surface area contributed by atoms with E-state index in [4.69, 9.17) is 17.2 Å². The lowest BCUT2D eigenvalue weighted by Crippen LogP contribution is -2.58. The monoisotopic (exact) mass is 508 g/mol. The van der Waals surface area contributed by atoms with Crippen molar-refractivity contribution >= 4 is 29.6 Å². The van der Waals surface area contributed by atoms with Crippen LogP contribution in [0.4, 0.5) is 0 Å². The molecule has 0 radical (unpaired) electrons. The first-order chi connectivity index (χ1) is 17.1. The first-order valence-electron chi connectivity index (χ1n) is 11.6. The van der Waals surface area contributed by atoms with Crippen molar-refractivity contribution in [3.8, 4) is 0 Å². The molecule has 1 aromatic rings. The molecule has 0 heterocycles. The summed E-state index contributed by atoms with van der Waals surface area (Å²) in [6, 6.07) is 3.92. The number of carbonyl (C=O) groups is 5. The molecule has 13 heteroatoms. The average Bonchev–Trinajstić information content (AvgIpc) is 2.84. The third-order valence-corrected chi connectivity index (χ3v) is 5.32. The first kappa shape index (κ1) is 30.5. The summed E-state index contributed by atoms with van der Waals surface area (Å²) < 4.78 is 0. The van der Waals surface area contributed by atoms with E-state index in [1.807, 2.05) is 6.07 Å². The molecule has 0 aliphatic carbocycles. The molecular weight excluding hydrogens is 472 g/mol. The van der Waals surface area contributed by atoms with Gasteiger partial charge in [0.15, 0.2) is 0 Å². The van der Waals surface area contributed by atoms with E-state index in [2.05, 4.69) is 16.0 Å². The van der Waals surface area contributed by atoms with Gasteiger partial charge in [-0.25, -0.2) is 4.79 Å². The van der Waals surface area contributed by atoms with Crippen LogP contribution in [-0.4, -0.2) is 77.1 Å². The Labute approximate surface area is 209 Å². The minimum atomic E-state index is -1.44. The van der Waals surface area contributed by atoms with Gasteiger partial charge in [0, 0.05) is 6.42 Å². The van der Waals surface area contributed by atoms with Gasteiger partial charge in [-0.3, -0.25) is 19.2 Å². The zero-order valence-corrected chi connectivity index (χ0v) is 20.0. The number of carboxylic acids is 1. The van der Waals surface area contributed by atoms with Gasteiger partial charge in [-0.05, 0) is 44.2 Å². The second-order valence-electron chi connectivity index (χ2n) is 8.29. The van der Waals surface area contributed by atoms with Gasteiger partial charge in [0.25, 0.3) is 0 Å². The SMILES string of the molecule is NCCCCC(NC(=O)C(CCC(N)=O)NC(=O)C(CO)NC(=O)C(N)Cc1ccccc1)C(=O)O. The Balaban J connectivity index is 2.84. The maximum Gasteiger partial charge on any atom is 0.326 e. The predicted molar refractivity (Wildman–Crippen MR) is 130 cm³/mol. The van der Waals surface area contributed by atoms with Crippen LogP contribution in [0.1, 0.15) is 37.7 Å². The van der Waals surface area contributed by atoms with Crippen LogP contribution in [0.3, 0.4) is 0 Å². The molecule has 0 saturated heterocycles. The normalized spacial score (nSPS) is 14.1. The summed E-state index contributed by atoms with van der Waals surface area (Å²) in [5.41, 5.74) is 17.3. The summed E-state index contributed by atoms with van der Waals surface area (Å²) in [6.45, 7) is -0.433. The molecule has 200 valence electrons. The lowest BCUT2D eigenvalue weighted by molar-refractivity contribution is -0.142. The average molecular weight is 509 g/mol. The minimum absolute atomic E-state index is 0.114. The molecule has 13 nitrogen and oxygen atoms in total. The van der Waals surface area contributed by atoms with Gasteiger partial charge in [0.05, 0.1) is 12.6 Å². The van der Waals surface area contributed by atoms with Gasteiger partial charge in [-0.2, -0.15) is 0 Å². The molecule has 0 fully saturated rings. The molecule has 4 atom stereocenters. The molecule has 0 aromatic heterocycles. The van der Waals surface area contributed by atoms with Crippen LogP contribution >= 0.6 is 0 Å². The van der Waals surface area contributed by atoms with E-state index in [1.54, 1.807) is 24.3 Å². The smallest absolute Gasteiger partial charge is 0.326 e. The van der Waals surface area contributed by atoms with Crippen LogP contribution in [0.25, 0.3) is 0 Å². The maximum atomic E-state index is 12.7. The number of primary amides is 1. The van der Waals surface area contributed by atoms with Gasteiger partial charge in [-0.1, -0.05) is 30.3 Å². The highest BCUT2D eigenvalue weighted by Gasteiger charge is 2.30. The van der Waals surface area contributed by atoms with Crippen molar-refractivity contribution in [2.45, 2.75) is 62.7 Å². The van der Waals surface area contributed by atoms with Crippen molar-refractivity contribution < 1.29 is 34.2 Å². The van der Waals surface area contributed by atoms with Crippen LogP contribution in [-0.2, 0) is 30.4 Å². The maximum absolute atomic E-state index is 12.7. The minimum Gasteiger partial charge on any atom is -0.480 e. The Morgan fingerprint density at radius 1 is 0.833 bits per heavy atom. The number of hydrogen-bond acceptors (Lipinski definition) is 8. The molecule has 36 heavy (non-hydrogen) atoms. The third-order valence-electron chi connectivity index (χ3n) is 5.32. The Morgan fingerprint density at radius 2 is 1.42 bits per heavy atom. The van der Waals surface area contributed by atoms with Crippen molar-refractivity contribution in [1.29, 1.82) is 0 Å². The standard InChI is InChI=1S/C23H36N6O7/c24-11-5-4-8-17(23(35)36)28-21(33)16(9-10-19(26)31)27-22(34)18(13-30)29-20(32)15(25)12-14-6-2-1-3-7-14/h1-3,6-7,15-18,30H,4-5,8-13,24-25H2,(H2,26,31)(H,27,34)(H,28,33)(H,29,32)(H,35,36). The molecule has 0 aliphatic rings. The van der Waals surface area contributed by atoms with Crippen LogP contribution in [0.15, 0.2) is 30.3 Å². The number of nitrogens with two attached hydrogens (primary N) is 3. The number of nitrogens with one attached hydrogen (secondary N) is 3. The number of benzene rings is 1. The van der Waals surface area contributed by atoms with E-state index < -0.39 is 60.4 Å². The molecule has 11 N–H and O–H groups in total. The molecule has 0 saturated carbocycles. The molecule has 0 spiro atoms. The Morgan fingerprint density at radius 3 is 1.97 bits per heavy atom. The second kappa shape index (κ2) is 16.2. The van der Waals surface area contributed by atoms with Gasteiger partial charge < -0.3 is 43.4 Å². The summed E-state index contributed by atoms with van der Waals surface area (Å²) in [5, 5.41) is 26.0. The van der Waals surface area contributed by atoms with Gasteiger partial charge in [0.1, 0.15) is 18.1 Å². The lowest BCUT2D eigenvalue weighted by atomic mass is 10.1. The highest BCUT2D eigenvalue weighted by molar-refractivity contribution is 5.94. The molecule has 1 rings (SSSR count). The summed E-state index contributed by atoms with van der Waals surface area (Å²) in [5.74, 6) is -4.48. The van der Waals surface area contributed by atoms with E-state index in [1.165, 1.54) is 0 Å². The summed E-state index contributed by atoms with van der Waals surface area (Å²) >= 11 is 0. The molecule has 4 amide bonds. The number of aliphatic hydroxyl groups excluding tert-OH is 1. The van der Waals surface area contributed by atoms with E-state index in [9.17, 15) is 34.2 Å². The number of carbonyl (C=O) groups excluding carboxylic acids is 4. The molecule has 1 aromatic carbocycles. The van der Waals surface area contributed by atoms with Crippen molar-refractivity contribution in [3.63, 3.8) is 0 Å². The summed E-state index contributed by atoms with van der Waals surface area (Å²) in [6.07, 6.45) is 0.822. The van der Waals surface area contributed by atoms with E-state index in [0.717, 1.165) is 5.56 Å². The number of rotatable bonds is 17. The number of unbranched alkanes of at least 4 members (excludes halogenated alkanes) is 1. The largest absolute Gasteiger partial charge is 0.480 e. The zero-order chi connectivity index (χ0) is 27.1. The fourth-order valence-electron chi connectivity index (χ4n) is 3.28. The summed E-state index contributed by atoms with van der Waals surface area (Å²) in [4.78, 5) is 60.7. The van der Waals surface area contributed by atoms with Crippen LogP contribution in [0, 0.1) is 0 Å². The number of amides is 4. The van der Waals surface area contributed by atoms with Crippen molar-refractivity contribution in [3.05, 3.63) is 35.9 Å². The quantitative estimate of drug-likeness (QED) is 0.103. The number of carboxylic acid groups (broad SMARTS) is 1. The van der Waals surface area contributed by atoms with Gasteiger partial charge in [-0.15, -0.1) is 0 Å². The van der Waals surface area contributed by atoms with Crippen LogP contribution in [0.2, 0.25) is 0 Å². The lowest BCUT2D eigenvalue weighted by Gasteiger charge is -2.24. The number of aliphatic carboxylic acids is 1. The van der Waals surface area contributed by atoms with Gasteiger partial charge in [0.2, 0.25) is 23.6 Å². The fraction of sp³-hybridized carbons (Fsp3) is 0.522. The van der Waals surface area contributed by atoms with Crippen LogP contribution < -0.4 is 33.2 Å². The highest BCUT2D eigenvalue weighted by Crippen LogP contribution is 2.05. The van der Waals surface area contributed by atoms with Crippen LogP contribution in [0.5, 0.6) is 0 Å². The van der Waals surface area contributed by atoms with Crippen molar-refractivity contribution in [2.24, 2.45) is 17.2 Å². The second-order valence-corrected chi connectivity index (χ2v) is 8.29. The first-order valence-corrected chi connectivity index (χ1v) is 11.6. The van der Waals surface area contributed by atoms with Gasteiger partial charge >= 0.3 is 5.97 Å². The number of hydrogen-bond donors (Lipinski definition) is 8. The van der Waals surface area contributed by atoms with Crippen molar-refractivity contribution in [2.75, 3.05) is 13.2 Å².